The largest absolute Gasteiger partial charge is 0.325 e. The molecule has 1 aliphatic heterocycles. The molecule has 0 saturated heterocycles. The molecule has 158 valence electrons. The maximum Gasteiger partial charge on any atom is 0.257 e. The summed E-state index contributed by atoms with van der Waals surface area (Å²) in [6.07, 6.45) is 7.13. The standard InChI is InChI=1S/C25H26FN5/c1-16-28-29-24-27-23(22-19(26)8-4-10-21(22)31(16)24)30-15-5-7-18-17(6-3-9-20(18)30)11-12-25(2)13-14-25/h3-4,6,8-10H,5,7,11-15H2,1-2H3. The number of anilines is 2. The first-order valence-electron chi connectivity index (χ1n) is 11.2. The van der Waals surface area contributed by atoms with E-state index in [-0.39, 0.29) is 5.82 Å². The fourth-order valence-electron chi connectivity index (χ4n) is 5.02. The molecule has 1 saturated carbocycles. The number of nitrogens with zero attached hydrogens (tertiary/aromatic N) is 5. The van der Waals surface area contributed by atoms with E-state index in [1.807, 2.05) is 17.4 Å². The van der Waals surface area contributed by atoms with Crippen molar-refractivity contribution in [2.45, 2.75) is 52.4 Å². The zero-order valence-corrected chi connectivity index (χ0v) is 18.0. The highest BCUT2D eigenvalue weighted by Gasteiger charge is 2.36. The van der Waals surface area contributed by atoms with E-state index in [1.54, 1.807) is 6.07 Å². The predicted molar refractivity (Wildman–Crippen MR) is 120 cm³/mol. The van der Waals surface area contributed by atoms with Crippen LogP contribution in [0.15, 0.2) is 36.4 Å². The predicted octanol–water partition coefficient (Wildman–Crippen LogP) is 5.54. The lowest BCUT2D eigenvalue weighted by molar-refractivity contribution is 0.516. The van der Waals surface area contributed by atoms with Gasteiger partial charge >= 0.3 is 0 Å². The second kappa shape index (κ2) is 6.74. The van der Waals surface area contributed by atoms with Crippen molar-refractivity contribution in [3.63, 3.8) is 0 Å². The maximum absolute atomic E-state index is 15.2. The number of halogens is 1. The molecule has 1 aliphatic carbocycles. The van der Waals surface area contributed by atoms with Gasteiger partial charge in [-0.15, -0.1) is 10.2 Å². The molecule has 2 aliphatic rings. The molecule has 2 aromatic heterocycles. The fourth-order valence-corrected chi connectivity index (χ4v) is 5.02. The highest BCUT2D eigenvalue weighted by atomic mass is 19.1. The molecule has 6 heteroatoms. The Balaban J connectivity index is 1.52. The molecule has 6 rings (SSSR count). The zero-order valence-electron chi connectivity index (χ0n) is 18.0. The van der Waals surface area contributed by atoms with Crippen molar-refractivity contribution in [3.8, 4) is 0 Å². The van der Waals surface area contributed by atoms with E-state index in [9.17, 15) is 0 Å². The summed E-state index contributed by atoms with van der Waals surface area (Å²) in [5.74, 6) is 1.59. The van der Waals surface area contributed by atoms with Gasteiger partial charge in [0.25, 0.3) is 5.78 Å². The smallest absolute Gasteiger partial charge is 0.257 e. The Labute approximate surface area is 180 Å². The molecule has 0 unspecified atom stereocenters. The van der Waals surface area contributed by atoms with Gasteiger partial charge in [-0.1, -0.05) is 25.1 Å². The summed E-state index contributed by atoms with van der Waals surface area (Å²) < 4.78 is 17.0. The van der Waals surface area contributed by atoms with E-state index in [0.29, 0.717) is 28.2 Å². The molecule has 0 radical (unpaired) electrons. The Morgan fingerprint density at radius 3 is 2.77 bits per heavy atom. The number of hydrogen-bond donors (Lipinski definition) is 0. The molecule has 0 N–H and O–H groups in total. The first kappa shape index (κ1) is 18.7. The quantitative estimate of drug-likeness (QED) is 0.439. The van der Waals surface area contributed by atoms with Gasteiger partial charge in [-0.25, -0.2) is 4.39 Å². The Bertz CT molecular complexity index is 1320. The first-order chi connectivity index (χ1) is 15.0. The average Bonchev–Trinajstić information content (AvgIpc) is 3.40. The van der Waals surface area contributed by atoms with Crippen LogP contribution in [0, 0.1) is 18.2 Å². The average molecular weight is 416 g/mol. The number of benzene rings is 2. The molecule has 2 aromatic carbocycles. The molecule has 0 bridgehead atoms. The van der Waals surface area contributed by atoms with Crippen LogP contribution in [0.25, 0.3) is 16.7 Å². The first-order valence-corrected chi connectivity index (χ1v) is 11.2. The van der Waals surface area contributed by atoms with Crippen LogP contribution in [0.1, 0.15) is 49.6 Å². The molecule has 1 fully saturated rings. The zero-order chi connectivity index (χ0) is 21.2. The lowest BCUT2D eigenvalue weighted by Gasteiger charge is -2.32. The van der Waals surface area contributed by atoms with Crippen LogP contribution in [0.2, 0.25) is 0 Å². The third-order valence-corrected chi connectivity index (χ3v) is 7.17. The van der Waals surface area contributed by atoms with Gasteiger partial charge in [0.15, 0.2) is 0 Å². The monoisotopic (exact) mass is 415 g/mol. The van der Waals surface area contributed by atoms with Crippen LogP contribution < -0.4 is 4.90 Å². The minimum atomic E-state index is -0.264. The molecule has 0 atom stereocenters. The van der Waals surface area contributed by atoms with Gasteiger partial charge in [0.05, 0.1) is 10.9 Å². The molecule has 0 spiro atoms. The van der Waals surface area contributed by atoms with Crippen molar-refractivity contribution in [2.75, 3.05) is 11.4 Å². The highest BCUT2D eigenvalue weighted by Crippen LogP contribution is 2.49. The van der Waals surface area contributed by atoms with Crippen LogP contribution in [-0.4, -0.2) is 26.1 Å². The number of fused-ring (bicyclic) bond motifs is 4. The van der Waals surface area contributed by atoms with Crippen molar-refractivity contribution in [1.29, 1.82) is 0 Å². The van der Waals surface area contributed by atoms with Crippen LogP contribution >= 0.6 is 0 Å². The van der Waals surface area contributed by atoms with Gasteiger partial charge in [0.2, 0.25) is 0 Å². The summed E-state index contributed by atoms with van der Waals surface area (Å²) in [5, 5.41) is 8.96. The molecular weight excluding hydrogens is 389 g/mol. The van der Waals surface area contributed by atoms with Crippen molar-refractivity contribution >= 4 is 28.2 Å². The van der Waals surface area contributed by atoms with E-state index >= 15 is 4.39 Å². The number of aromatic nitrogens is 4. The Hall–Kier alpha value is -3.02. The fraction of sp³-hybridized carbons (Fsp3) is 0.400. The number of hydrogen-bond acceptors (Lipinski definition) is 4. The second-order valence-corrected chi connectivity index (χ2v) is 9.43. The van der Waals surface area contributed by atoms with Crippen LogP contribution in [-0.2, 0) is 12.8 Å². The Kier molecular flexibility index (Phi) is 4.07. The van der Waals surface area contributed by atoms with Crippen molar-refractivity contribution < 1.29 is 4.39 Å². The van der Waals surface area contributed by atoms with E-state index < -0.39 is 0 Å². The molecular formula is C25H26FN5. The summed E-state index contributed by atoms with van der Waals surface area (Å²) in [6.45, 7) is 5.08. The minimum absolute atomic E-state index is 0.264. The van der Waals surface area contributed by atoms with Crippen molar-refractivity contribution in [2.24, 2.45) is 5.41 Å². The van der Waals surface area contributed by atoms with Gasteiger partial charge in [-0.3, -0.25) is 4.40 Å². The van der Waals surface area contributed by atoms with E-state index in [1.165, 1.54) is 36.5 Å². The molecule has 0 amide bonds. The summed E-state index contributed by atoms with van der Waals surface area (Å²) in [4.78, 5) is 7.00. The van der Waals surface area contributed by atoms with Crippen LogP contribution in [0.4, 0.5) is 15.9 Å². The summed E-state index contributed by atoms with van der Waals surface area (Å²) in [5.41, 5.74) is 5.27. The lowest BCUT2D eigenvalue weighted by atomic mass is 9.91. The third kappa shape index (κ3) is 2.99. The van der Waals surface area contributed by atoms with E-state index in [0.717, 1.165) is 37.0 Å². The molecule has 3 heterocycles. The van der Waals surface area contributed by atoms with Crippen LogP contribution in [0.3, 0.4) is 0 Å². The summed E-state index contributed by atoms with van der Waals surface area (Å²) in [7, 11) is 0. The van der Waals surface area contributed by atoms with Gasteiger partial charge in [0.1, 0.15) is 17.5 Å². The molecule has 5 nitrogen and oxygen atoms in total. The Morgan fingerprint density at radius 2 is 1.94 bits per heavy atom. The van der Waals surface area contributed by atoms with Crippen molar-refractivity contribution in [3.05, 3.63) is 59.2 Å². The molecule has 4 aromatic rings. The van der Waals surface area contributed by atoms with Gasteiger partial charge in [0, 0.05) is 12.2 Å². The van der Waals surface area contributed by atoms with Gasteiger partial charge in [-0.05, 0) is 80.2 Å². The maximum atomic E-state index is 15.2. The van der Waals surface area contributed by atoms with Crippen molar-refractivity contribution in [1.82, 2.24) is 19.6 Å². The second-order valence-electron chi connectivity index (χ2n) is 9.43. The summed E-state index contributed by atoms with van der Waals surface area (Å²) >= 11 is 0. The molecule has 31 heavy (non-hydrogen) atoms. The third-order valence-electron chi connectivity index (χ3n) is 7.17. The minimum Gasteiger partial charge on any atom is -0.325 e. The number of rotatable bonds is 4. The SMILES string of the molecule is Cc1nnc2nc(N3CCCc4c(CCC5(C)CC5)cccc43)c3c(F)cccc3n12. The van der Waals surface area contributed by atoms with Crippen LogP contribution in [0.5, 0.6) is 0 Å². The van der Waals surface area contributed by atoms with Gasteiger partial charge in [-0.2, -0.15) is 4.98 Å². The topological polar surface area (TPSA) is 46.3 Å². The Morgan fingerprint density at radius 1 is 1.10 bits per heavy atom. The number of aryl methyl sites for hydroxylation is 2. The lowest BCUT2D eigenvalue weighted by Crippen LogP contribution is -2.27. The highest BCUT2D eigenvalue weighted by molar-refractivity contribution is 5.94. The summed E-state index contributed by atoms with van der Waals surface area (Å²) in [6, 6.07) is 11.7. The van der Waals surface area contributed by atoms with Gasteiger partial charge < -0.3 is 4.90 Å². The van der Waals surface area contributed by atoms with E-state index in [4.69, 9.17) is 4.98 Å². The van der Waals surface area contributed by atoms with E-state index in [2.05, 4.69) is 40.2 Å². The normalized spacial score (nSPS) is 17.3.